The molecule has 1 heterocycles. The molecule has 1 N–H and O–H groups in total. The van der Waals surface area contributed by atoms with Gasteiger partial charge in [-0.3, -0.25) is 0 Å². The lowest BCUT2D eigenvalue weighted by Gasteiger charge is -2.09. The van der Waals surface area contributed by atoms with Gasteiger partial charge in [0, 0.05) is 21.0 Å². The van der Waals surface area contributed by atoms with E-state index in [0.717, 1.165) is 0 Å². The summed E-state index contributed by atoms with van der Waals surface area (Å²) in [6, 6.07) is -0.184. The first-order chi connectivity index (χ1) is 6.09. The Bertz CT molecular complexity index is 294. The average molecular weight is 184 g/mol. The van der Waals surface area contributed by atoms with Crippen molar-refractivity contribution in [2.75, 3.05) is 14.1 Å². The Balaban J connectivity index is 2.39. The summed E-state index contributed by atoms with van der Waals surface area (Å²) in [5.41, 5.74) is 0. The van der Waals surface area contributed by atoms with Gasteiger partial charge in [0.15, 0.2) is 0 Å². The molecule has 0 radical (unpaired) electrons. The zero-order valence-corrected chi connectivity index (χ0v) is 7.87. The number of rotatable bonds is 2. The van der Waals surface area contributed by atoms with Crippen LogP contribution in [0.3, 0.4) is 0 Å². The highest BCUT2D eigenvalue weighted by molar-refractivity contribution is 5.73. The fourth-order valence-electron chi connectivity index (χ4n) is 0.718. The molecule has 2 amide bonds. The smallest absolute Gasteiger partial charge is 0.317 e. The maximum Gasteiger partial charge on any atom is 0.317 e. The number of nitrogens with one attached hydrogen (secondary N) is 1. The van der Waals surface area contributed by atoms with E-state index in [9.17, 15) is 4.79 Å². The Morgan fingerprint density at radius 3 is 2.69 bits per heavy atom. The second-order valence-electron chi connectivity index (χ2n) is 2.77. The molecular formula is C7H12N4O2. The Morgan fingerprint density at radius 1 is 1.54 bits per heavy atom. The monoisotopic (exact) mass is 184 g/mol. The molecule has 72 valence electrons. The van der Waals surface area contributed by atoms with Gasteiger partial charge >= 0.3 is 6.03 Å². The molecule has 6 heteroatoms. The largest absolute Gasteiger partial charge is 0.424 e. The Hall–Kier alpha value is -1.59. The van der Waals surface area contributed by atoms with Gasteiger partial charge in [0.1, 0.15) is 0 Å². The molecular weight excluding hydrogens is 172 g/mol. The van der Waals surface area contributed by atoms with Crippen LogP contribution in [0.15, 0.2) is 4.42 Å². The number of aryl methyl sites for hydroxylation is 1. The van der Waals surface area contributed by atoms with E-state index < -0.39 is 0 Å². The van der Waals surface area contributed by atoms with Gasteiger partial charge in [-0.2, -0.15) is 0 Å². The maximum atomic E-state index is 11.0. The molecule has 0 aliphatic heterocycles. The van der Waals surface area contributed by atoms with Crippen molar-refractivity contribution in [3.8, 4) is 0 Å². The van der Waals surface area contributed by atoms with Crippen molar-refractivity contribution in [3.63, 3.8) is 0 Å². The fourth-order valence-corrected chi connectivity index (χ4v) is 0.718. The van der Waals surface area contributed by atoms with Gasteiger partial charge in [0.05, 0.1) is 6.54 Å². The van der Waals surface area contributed by atoms with Crippen molar-refractivity contribution in [1.82, 2.24) is 20.4 Å². The molecule has 0 fully saturated rings. The quantitative estimate of drug-likeness (QED) is 0.710. The zero-order valence-electron chi connectivity index (χ0n) is 7.87. The van der Waals surface area contributed by atoms with E-state index in [1.807, 2.05) is 0 Å². The van der Waals surface area contributed by atoms with Gasteiger partial charge in [-0.25, -0.2) is 4.79 Å². The number of hydrogen-bond acceptors (Lipinski definition) is 4. The molecule has 0 aliphatic carbocycles. The highest BCUT2D eigenvalue weighted by atomic mass is 16.4. The van der Waals surface area contributed by atoms with Crippen LogP contribution in [0.1, 0.15) is 11.8 Å². The van der Waals surface area contributed by atoms with Crippen molar-refractivity contribution in [3.05, 3.63) is 11.8 Å². The molecule has 1 aromatic heterocycles. The van der Waals surface area contributed by atoms with Crippen LogP contribution in [0.5, 0.6) is 0 Å². The summed E-state index contributed by atoms with van der Waals surface area (Å²) < 4.78 is 5.06. The van der Waals surface area contributed by atoms with Crippen molar-refractivity contribution in [2.45, 2.75) is 13.5 Å². The molecule has 6 nitrogen and oxygen atoms in total. The number of carbonyl (C=O) groups excluding carboxylic acids is 1. The Kier molecular flexibility index (Phi) is 2.84. The molecule has 13 heavy (non-hydrogen) atoms. The van der Waals surface area contributed by atoms with Gasteiger partial charge in [-0.05, 0) is 0 Å². The number of amides is 2. The summed E-state index contributed by atoms with van der Waals surface area (Å²) >= 11 is 0. The Morgan fingerprint density at radius 2 is 2.23 bits per heavy atom. The second-order valence-corrected chi connectivity index (χ2v) is 2.77. The predicted octanol–water partition coefficient (Wildman–Crippen LogP) is 0.149. The minimum atomic E-state index is -0.184. The first-order valence-electron chi connectivity index (χ1n) is 3.83. The van der Waals surface area contributed by atoms with E-state index in [0.29, 0.717) is 11.8 Å². The van der Waals surface area contributed by atoms with Crippen LogP contribution < -0.4 is 5.32 Å². The van der Waals surface area contributed by atoms with E-state index in [4.69, 9.17) is 4.42 Å². The molecule has 0 aliphatic rings. The van der Waals surface area contributed by atoms with Crippen molar-refractivity contribution in [2.24, 2.45) is 0 Å². The summed E-state index contributed by atoms with van der Waals surface area (Å²) in [7, 11) is 3.32. The molecule has 1 rings (SSSR count). The molecule has 0 unspecified atom stereocenters. The number of urea groups is 1. The van der Waals surface area contributed by atoms with Gasteiger partial charge in [-0.1, -0.05) is 0 Å². The SMILES string of the molecule is Cc1nnc(CNC(=O)N(C)C)o1. The minimum absolute atomic E-state index is 0.184. The van der Waals surface area contributed by atoms with Crippen LogP contribution >= 0.6 is 0 Å². The van der Waals surface area contributed by atoms with E-state index in [1.165, 1.54) is 4.90 Å². The molecule has 0 bridgehead atoms. The first kappa shape index (κ1) is 9.50. The minimum Gasteiger partial charge on any atom is -0.424 e. The zero-order chi connectivity index (χ0) is 9.84. The number of aromatic nitrogens is 2. The third-order valence-corrected chi connectivity index (χ3v) is 1.36. The predicted molar refractivity (Wildman–Crippen MR) is 45.0 cm³/mol. The lowest BCUT2D eigenvalue weighted by atomic mass is 10.6. The van der Waals surface area contributed by atoms with Crippen molar-refractivity contribution < 1.29 is 9.21 Å². The van der Waals surface area contributed by atoms with E-state index >= 15 is 0 Å². The lowest BCUT2D eigenvalue weighted by molar-refractivity contribution is 0.215. The number of hydrogen-bond donors (Lipinski definition) is 1. The summed E-state index contributed by atoms with van der Waals surface area (Å²) in [6.45, 7) is 1.96. The highest BCUT2D eigenvalue weighted by Gasteiger charge is 2.05. The van der Waals surface area contributed by atoms with Crippen LogP contribution in [0.25, 0.3) is 0 Å². The van der Waals surface area contributed by atoms with Crippen LogP contribution in [0.4, 0.5) is 4.79 Å². The van der Waals surface area contributed by atoms with Crippen molar-refractivity contribution in [1.29, 1.82) is 0 Å². The standard InChI is InChI=1S/C7H12N4O2/c1-5-9-10-6(13-5)4-8-7(12)11(2)3/h4H2,1-3H3,(H,8,12). The van der Waals surface area contributed by atoms with Gasteiger partial charge < -0.3 is 14.6 Å². The van der Waals surface area contributed by atoms with Gasteiger partial charge in [0.25, 0.3) is 0 Å². The van der Waals surface area contributed by atoms with Crippen LogP contribution in [-0.2, 0) is 6.54 Å². The fraction of sp³-hybridized carbons (Fsp3) is 0.571. The lowest BCUT2D eigenvalue weighted by Crippen LogP contribution is -2.34. The number of carbonyl (C=O) groups is 1. The van der Waals surface area contributed by atoms with Gasteiger partial charge in [-0.15, -0.1) is 10.2 Å². The molecule has 0 aromatic carbocycles. The van der Waals surface area contributed by atoms with E-state index in [1.54, 1.807) is 21.0 Å². The third-order valence-electron chi connectivity index (χ3n) is 1.36. The normalized spacial score (nSPS) is 9.77. The van der Waals surface area contributed by atoms with E-state index in [2.05, 4.69) is 15.5 Å². The molecule has 0 atom stereocenters. The summed E-state index contributed by atoms with van der Waals surface area (Å²) in [5, 5.41) is 9.96. The van der Waals surface area contributed by atoms with Crippen LogP contribution in [0, 0.1) is 6.92 Å². The van der Waals surface area contributed by atoms with Crippen LogP contribution in [0.2, 0.25) is 0 Å². The first-order valence-corrected chi connectivity index (χ1v) is 3.83. The van der Waals surface area contributed by atoms with Crippen molar-refractivity contribution >= 4 is 6.03 Å². The Labute approximate surface area is 75.9 Å². The topological polar surface area (TPSA) is 71.3 Å². The highest BCUT2D eigenvalue weighted by Crippen LogP contribution is 1.96. The number of nitrogens with zero attached hydrogens (tertiary/aromatic N) is 3. The second kappa shape index (κ2) is 3.88. The summed E-state index contributed by atoms with van der Waals surface area (Å²) in [5.74, 6) is 0.904. The molecule has 0 saturated carbocycles. The molecule has 0 saturated heterocycles. The van der Waals surface area contributed by atoms with E-state index in [-0.39, 0.29) is 12.6 Å². The summed E-state index contributed by atoms with van der Waals surface area (Å²) in [4.78, 5) is 12.5. The summed E-state index contributed by atoms with van der Waals surface area (Å²) in [6.07, 6.45) is 0. The van der Waals surface area contributed by atoms with Gasteiger partial charge in [0.2, 0.25) is 11.8 Å². The van der Waals surface area contributed by atoms with Crippen LogP contribution in [-0.4, -0.2) is 35.2 Å². The third kappa shape index (κ3) is 2.73. The average Bonchev–Trinajstić information content (AvgIpc) is 2.47. The maximum absolute atomic E-state index is 11.0. The molecule has 1 aromatic rings. The molecule has 0 spiro atoms.